The fraction of sp³-hybridized carbons (Fsp3) is 0.161. The van der Waals surface area contributed by atoms with Crippen LogP contribution in [0.15, 0.2) is 72.8 Å². The molecule has 0 aliphatic rings. The molecule has 0 atom stereocenters. The second kappa shape index (κ2) is 14.4. The maximum Gasteiger partial charge on any atom is 0.335 e. The van der Waals surface area contributed by atoms with E-state index >= 15 is 0 Å². The van der Waals surface area contributed by atoms with Crippen molar-refractivity contribution in [2.45, 2.75) is 34.0 Å². The highest BCUT2D eigenvalue weighted by Crippen LogP contribution is 2.29. The molecule has 208 valence electrons. The van der Waals surface area contributed by atoms with E-state index < -0.39 is 5.97 Å². The smallest absolute Gasteiger partial charge is 0.335 e. The Morgan fingerprint density at radius 1 is 0.650 bits per heavy atom. The number of hydrogen-bond acceptors (Lipinski definition) is 4. The monoisotopic (exact) mass is 618 g/mol. The molecule has 0 fully saturated rings. The number of aromatic carboxylic acids is 1. The summed E-state index contributed by atoms with van der Waals surface area (Å²) in [7, 11) is 0. The van der Waals surface area contributed by atoms with Gasteiger partial charge in [0, 0.05) is 15.6 Å². The van der Waals surface area contributed by atoms with Crippen molar-refractivity contribution in [1.82, 2.24) is 0 Å². The predicted octanol–water partition coefficient (Wildman–Crippen LogP) is 9.66. The normalized spacial score (nSPS) is 10.4. The van der Waals surface area contributed by atoms with Gasteiger partial charge in [0.1, 0.15) is 24.7 Å². The molecular weight excluding hydrogens is 594 g/mol. The molecule has 5 nitrogen and oxygen atoms in total. The molecule has 0 saturated heterocycles. The maximum absolute atomic E-state index is 11.5. The fourth-order valence-electron chi connectivity index (χ4n) is 3.63. The van der Waals surface area contributed by atoms with Crippen LogP contribution in [0.2, 0.25) is 20.1 Å². The summed E-state index contributed by atoms with van der Waals surface area (Å²) in [6.07, 6.45) is 0. The van der Waals surface area contributed by atoms with Gasteiger partial charge in [-0.15, -0.1) is 0 Å². The van der Waals surface area contributed by atoms with Crippen LogP contribution < -0.4 is 9.47 Å². The summed E-state index contributed by atoms with van der Waals surface area (Å²) in [5.74, 6) is 0.178. The van der Waals surface area contributed by atoms with Gasteiger partial charge in [0.05, 0.1) is 15.6 Å². The lowest BCUT2D eigenvalue weighted by molar-refractivity contribution is 0.0695. The third kappa shape index (κ3) is 8.90. The highest BCUT2D eigenvalue weighted by Gasteiger charge is 2.10. The van der Waals surface area contributed by atoms with Gasteiger partial charge in [-0.05, 0) is 91.6 Å². The largest absolute Gasteiger partial charge is 0.487 e. The number of carbonyl (C=O) groups excluding carboxylic acids is 1. The predicted molar refractivity (Wildman–Crippen MR) is 161 cm³/mol. The van der Waals surface area contributed by atoms with Crippen molar-refractivity contribution in [3.63, 3.8) is 0 Å². The molecule has 4 aromatic rings. The second-order valence-electron chi connectivity index (χ2n) is 8.89. The Morgan fingerprint density at radius 3 is 1.48 bits per heavy atom. The number of Topliss-reactive ketones (excluding diaryl/α,β-unsaturated/α-hetero) is 1. The van der Waals surface area contributed by atoms with Crippen LogP contribution in [0.1, 0.15) is 49.9 Å². The van der Waals surface area contributed by atoms with Gasteiger partial charge in [-0.3, -0.25) is 4.79 Å². The average molecular weight is 620 g/mol. The van der Waals surface area contributed by atoms with E-state index in [4.69, 9.17) is 61.0 Å². The number of carboxylic acids is 1. The minimum absolute atomic E-state index is 0.0499. The van der Waals surface area contributed by atoms with Crippen LogP contribution in [0.25, 0.3) is 0 Å². The average Bonchev–Trinajstić information content (AvgIpc) is 2.89. The van der Waals surface area contributed by atoms with Crippen LogP contribution in [0.5, 0.6) is 11.5 Å². The zero-order valence-corrected chi connectivity index (χ0v) is 25.0. The highest BCUT2D eigenvalue weighted by molar-refractivity contribution is 6.36. The Hall–Kier alpha value is -3.22. The zero-order valence-electron chi connectivity index (χ0n) is 21.9. The molecule has 0 heterocycles. The molecule has 1 N–H and O–H groups in total. The summed E-state index contributed by atoms with van der Waals surface area (Å²) < 4.78 is 11.2. The van der Waals surface area contributed by atoms with Gasteiger partial charge in [0.25, 0.3) is 0 Å². The molecule has 0 spiro atoms. The van der Waals surface area contributed by atoms with Crippen molar-refractivity contribution in [3.8, 4) is 11.5 Å². The van der Waals surface area contributed by atoms with Gasteiger partial charge in [0.15, 0.2) is 5.78 Å². The van der Waals surface area contributed by atoms with Crippen LogP contribution >= 0.6 is 46.4 Å². The molecule has 4 rings (SSSR count). The molecule has 0 amide bonds. The molecule has 0 aliphatic heterocycles. The summed E-state index contributed by atoms with van der Waals surface area (Å²) in [6, 6.07) is 20.9. The Kier molecular flexibility index (Phi) is 11.3. The Morgan fingerprint density at radius 2 is 1.07 bits per heavy atom. The molecule has 0 radical (unpaired) electrons. The lowest BCUT2D eigenvalue weighted by Crippen LogP contribution is -2.03. The highest BCUT2D eigenvalue weighted by atomic mass is 35.5. The molecule has 0 aromatic heterocycles. The van der Waals surface area contributed by atoms with E-state index in [1.54, 1.807) is 62.4 Å². The number of carboxylic acid groups (broad SMARTS) is 1. The van der Waals surface area contributed by atoms with Gasteiger partial charge in [-0.1, -0.05) is 70.7 Å². The van der Waals surface area contributed by atoms with Crippen molar-refractivity contribution in [2.75, 3.05) is 0 Å². The molecule has 4 aromatic carbocycles. The lowest BCUT2D eigenvalue weighted by atomic mass is 10.0. The lowest BCUT2D eigenvalue weighted by Gasteiger charge is -2.10. The van der Waals surface area contributed by atoms with Crippen molar-refractivity contribution in [2.24, 2.45) is 0 Å². The first-order valence-electron chi connectivity index (χ1n) is 12.0. The number of carbonyl (C=O) groups is 2. The summed E-state index contributed by atoms with van der Waals surface area (Å²) in [4.78, 5) is 22.6. The summed E-state index contributed by atoms with van der Waals surface area (Å²) >= 11 is 23.7. The molecule has 9 heteroatoms. The molecule has 0 unspecified atom stereocenters. The van der Waals surface area contributed by atoms with E-state index in [-0.39, 0.29) is 18.0 Å². The van der Waals surface area contributed by atoms with Crippen molar-refractivity contribution in [1.29, 1.82) is 0 Å². The first-order chi connectivity index (χ1) is 18.9. The van der Waals surface area contributed by atoms with Crippen LogP contribution in [0, 0.1) is 13.8 Å². The minimum atomic E-state index is -0.950. The van der Waals surface area contributed by atoms with Crippen molar-refractivity contribution >= 4 is 58.2 Å². The Labute approximate surface area is 253 Å². The van der Waals surface area contributed by atoms with Gasteiger partial charge in [-0.25, -0.2) is 4.79 Å². The van der Waals surface area contributed by atoms with E-state index in [1.165, 1.54) is 0 Å². The van der Waals surface area contributed by atoms with Crippen LogP contribution in [0.4, 0.5) is 0 Å². The number of ketones is 1. The second-order valence-corrected chi connectivity index (χ2v) is 10.6. The summed E-state index contributed by atoms with van der Waals surface area (Å²) in [6.45, 7) is 5.81. The van der Waals surface area contributed by atoms with E-state index in [2.05, 4.69) is 0 Å². The third-order valence-corrected chi connectivity index (χ3v) is 6.85. The van der Waals surface area contributed by atoms with Gasteiger partial charge in [0.2, 0.25) is 0 Å². The van der Waals surface area contributed by atoms with Gasteiger partial charge in [-0.2, -0.15) is 0 Å². The van der Waals surface area contributed by atoms with E-state index in [1.807, 2.05) is 31.2 Å². The Balaban J connectivity index is 0.000000220. The molecule has 0 bridgehead atoms. The van der Waals surface area contributed by atoms with Crippen LogP contribution in [-0.2, 0) is 13.2 Å². The number of benzene rings is 4. The molecule has 0 saturated carbocycles. The van der Waals surface area contributed by atoms with Crippen LogP contribution in [0.3, 0.4) is 0 Å². The van der Waals surface area contributed by atoms with Crippen molar-refractivity contribution < 1.29 is 24.2 Å². The van der Waals surface area contributed by atoms with Gasteiger partial charge < -0.3 is 14.6 Å². The topological polar surface area (TPSA) is 72.8 Å². The zero-order chi connectivity index (χ0) is 29.4. The van der Waals surface area contributed by atoms with E-state index in [0.29, 0.717) is 49.3 Å². The molecule has 0 aliphatic carbocycles. The SMILES string of the molecule is CC(=O)c1cc(COc2ccc(Cl)cc2Cl)ccc1C.Cc1ccc(COc2ccc(Cl)cc2Cl)cc1C(=O)O. The Bertz CT molecular complexity index is 1420. The first-order valence-corrected chi connectivity index (χ1v) is 13.5. The first kappa shape index (κ1) is 31.3. The summed E-state index contributed by atoms with van der Waals surface area (Å²) in [5, 5.41) is 11.1. The molecular formula is C31H26Cl4O5. The fourth-order valence-corrected chi connectivity index (χ4v) is 4.56. The van der Waals surface area contributed by atoms with E-state index in [0.717, 1.165) is 16.7 Å². The molecule has 40 heavy (non-hydrogen) atoms. The summed E-state index contributed by atoms with van der Waals surface area (Å²) in [5.41, 5.74) is 4.35. The quantitative estimate of drug-likeness (QED) is 0.199. The maximum atomic E-state index is 11.5. The van der Waals surface area contributed by atoms with Crippen molar-refractivity contribution in [3.05, 3.63) is 126 Å². The number of rotatable bonds is 8. The number of aryl methyl sites for hydroxylation is 2. The van der Waals surface area contributed by atoms with Gasteiger partial charge >= 0.3 is 5.97 Å². The standard InChI is InChI=1S/C16H14Cl2O2.C15H12Cl2O3/c1-10-3-4-12(7-14(10)11(2)19)9-20-16-6-5-13(17)8-15(16)18;1-9-2-3-10(6-12(9)15(18)19)8-20-14-5-4-11(16)7-13(14)17/h3-8H,9H2,1-2H3;2-7H,8H2,1H3,(H,18,19). The minimum Gasteiger partial charge on any atom is -0.487 e. The number of hydrogen-bond donors (Lipinski definition) is 1. The third-order valence-electron chi connectivity index (χ3n) is 5.79. The van der Waals surface area contributed by atoms with E-state index in [9.17, 15) is 9.59 Å². The number of ether oxygens (including phenoxy) is 2. The number of halogens is 4. The van der Waals surface area contributed by atoms with Crippen LogP contribution in [-0.4, -0.2) is 16.9 Å².